The van der Waals surface area contributed by atoms with Gasteiger partial charge in [0, 0.05) is 19.1 Å². The molecule has 1 N–H and O–H groups in total. The first-order chi connectivity index (χ1) is 10.4. The Morgan fingerprint density at radius 3 is 2.86 bits per heavy atom. The highest BCUT2D eigenvalue weighted by Crippen LogP contribution is 2.32. The molecule has 1 unspecified atom stereocenters. The Labute approximate surface area is 123 Å². The lowest BCUT2D eigenvalue weighted by atomic mass is 9.96. The SMILES string of the molecule is c1ccc2c(c1)CC(c1n[nH]c(C3CCOCC3)n1)CO2. The van der Waals surface area contributed by atoms with Crippen LogP contribution in [0.15, 0.2) is 24.3 Å². The molecule has 110 valence electrons. The van der Waals surface area contributed by atoms with Crippen molar-refractivity contribution in [3.8, 4) is 5.75 Å². The zero-order chi connectivity index (χ0) is 14.1. The molecule has 1 atom stereocenters. The van der Waals surface area contributed by atoms with Crippen LogP contribution in [0.1, 0.15) is 41.9 Å². The zero-order valence-electron chi connectivity index (χ0n) is 11.9. The van der Waals surface area contributed by atoms with Gasteiger partial charge in [0.25, 0.3) is 0 Å². The van der Waals surface area contributed by atoms with E-state index in [0.29, 0.717) is 12.5 Å². The second kappa shape index (κ2) is 5.48. The number of ether oxygens (including phenoxy) is 2. The maximum Gasteiger partial charge on any atom is 0.157 e. The van der Waals surface area contributed by atoms with Crippen molar-refractivity contribution in [3.05, 3.63) is 41.5 Å². The number of para-hydroxylation sites is 1. The fourth-order valence-corrected chi connectivity index (χ4v) is 3.12. The van der Waals surface area contributed by atoms with Gasteiger partial charge >= 0.3 is 0 Å². The Balaban J connectivity index is 1.51. The van der Waals surface area contributed by atoms with Gasteiger partial charge in [-0.15, -0.1) is 0 Å². The van der Waals surface area contributed by atoms with Gasteiger partial charge in [-0.1, -0.05) is 18.2 Å². The van der Waals surface area contributed by atoms with Crippen LogP contribution < -0.4 is 4.74 Å². The molecular weight excluding hydrogens is 266 g/mol. The van der Waals surface area contributed by atoms with Crippen molar-refractivity contribution >= 4 is 0 Å². The first-order valence-electron chi connectivity index (χ1n) is 7.61. The predicted molar refractivity (Wildman–Crippen MR) is 77.6 cm³/mol. The normalized spacial score (nSPS) is 22.6. The van der Waals surface area contributed by atoms with Gasteiger partial charge < -0.3 is 9.47 Å². The van der Waals surface area contributed by atoms with Crippen molar-refractivity contribution in [1.82, 2.24) is 15.2 Å². The van der Waals surface area contributed by atoms with E-state index in [9.17, 15) is 0 Å². The van der Waals surface area contributed by atoms with Crippen molar-refractivity contribution < 1.29 is 9.47 Å². The summed E-state index contributed by atoms with van der Waals surface area (Å²) in [7, 11) is 0. The highest BCUT2D eigenvalue weighted by Gasteiger charge is 2.26. The summed E-state index contributed by atoms with van der Waals surface area (Å²) < 4.78 is 11.2. The van der Waals surface area contributed by atoms with E-state index in [2.05, 4.69) is 22.3 Å². The monoisotopic (exact) mass is 285 g/mol. The Morgan fingerprint density at radius 1 is 1.10 bits per heavy atom. The minimum Gasteiger partial charge on any atom is -0.493 e. The van der Waals surface area contributed by atoms with Crippen LogP contribution in [0.5, 0.6) is 5.75 Å². The van der Waals surface area contributed by atoms with E-state index in [1.165, 1.54) is 5.56 Å². The van der Waals surface area contributed by atoms with Crippen LogP contribution in [-0.4, -0.2) is 35.0 Å². The molecular formula is C16H19N3O2. The number of aromatic nitrogens is 3. The quantitative estimate of drug-likeness (QED) is 0.920. The molecule has 5 heteroatoms. The summed E-state index contributed by atoms with van der Waals surface area (Å²) in [5.41, 5.74) is 1.24. The maximum absolute atomic E-state index is 5.83. The number of nitrogens with zero attached hydrogens (tertiary/aromatic N) is 2. The minimum atomic E-state index is 0.241. The molecule has 1 aromatic heterocycles. The van der Waals surface area contributed by atoms with E-state index >= 15 is 0 Å². The number of hydrogen-bond donors (Lipinski definition) is 1. The van der Waals surface area contributed by atoms with Crippen LogP contribution in [-0.2, 0) is 11.2 Å². The molecule has 5 nitrogen and oxygen atoms in total. The number of nitrogens with one attached hydrogen (secondary N) is 1. The number of hydrogen-bond acceptors (Lipinski definition) is 4. The summed E-state index contributed by atoms with van der Waals surface area (Å²) in [5.74, 6) is 3.58. The third-order valence-electron chi connectivity index (χ3n) is 4.37. The summed E-state index contributed by atoms with van der Waals surface area (Å²) in [6.45, 7) is 2.29. The van der Waals surface area contributed by atoms with Crippen molar-refractivity contribution in [2.75, 3.05) is 19.8 Å². The molecule has 0 aliphatic carbocycles. The van der Waals surface area contributed by atoms with Gasteiger partial charge in [-0.25, -0.2) is 4.98 Å². The van der Waals surface area contributed by atoms with Gasteiger partial charge in [-0.3, -0.25) is 5.10 Å². The van der Waals surface area contributed by atoms with E-state index < -0.39 is 0 Å². The number of rotatable bonds is 2. The van der Waals surface area contributed by atoms with Crippen LogP contribution in [0.4, 0.5) is 0 Å². The molecule has 0 bridgehead atoms. The van der Waals surface area contributed by atoms with Gasteiger partial charge in [0.05, 0.1) is 12.5 Å². The van der Waals surface area contributed by atoms with Crippen molar-refractivity contribution in [2.45, 2.75) is 31.1 Å². The molecule has 21 heavy (non-hydrogen) atoms. The second-order valence-electron chi connectivity index (χ2n) is 5.79. The summed E-state index contributed by atoms with van der Waals surface area (Å²) in [6, 6.07) is 8.20. The topological polar surface area (TPSA) is 60.0 Å². The molecule has 1 saturated heterocycles. The first kappa shape index (κ1) is 12.8. The van der Waals surface area contributed by atoms with Crippen molar-refractivity contribution in [2.24, 2.45) is 0 Å². The second-order valence-corrected chi connectivity index (χ2v) is 5.79. The molecule has 0 saturated carbocycles. The van der Waals surface area contributed by atoms with E-state index in [4.69, 9.17) is 14.5 Å². The maximum atomic E-state index is 5.83. The van der Waals surface area contributed by atoms with E-state index in [0.717, 1.165) is 49.9 Å². The third kappa shape index (κ3) is 2.53. The van der Waals surface area contributed by atoms with Crippen LogP contribution in [0, 0.1) is 0 Å². The smallest absolute Gasteiger partial charge is 0.157 e. The molecule has 1 fully saturated rings. The van der Waals surface area contributed by atoms with E-state index in [-0.39, 0.29) is 5.92 Å². The lowest BCUT2D eigenvalue weighted by Gasteiger charge is -2.23. The Morgan fingerprint density at radius 2 is 1.95 bits per heavy atom. The molecule has 0 radical (unpaired) electrons. The number of benzene rings is 1. The molecule has 0 spiro atoms. The average Bonchev–Trinajstić information content (AvgIpc) is 3.05. The Hall–Kier alpha value is -1.88. The largest absolute Gasteiger partial charge is 0.493 e. The van der Waals surface area contributed by atoms with Gasteiger partial charge in [0.15, 0.2) is 5.82 Å². The van der Waals surface area contributed by atoms with E-state index in [1.807, 2.05) is 12.1 Å². The summed E-state index contributed by atoms with van der Waals surface area (Å²) in [6.07, 6.45) is 3.00. The fraction of sp³-hybridized carbons (Fsp3) is 0.500. The minimum absolute atomic E-state index is 0.241. The summed E-state index contributed by atoms with van der Waals surface area (Å²) >= 11 is 0. The van der Waals surface area contributed by atoms with Crippen molar-refractivity contribution in [3.63, 3.8) is 0 Å². The molecule has 4 rings (SSSR count). The Bertz CT molecular complexity index is 619. The van der Waals surface area contributed by atoms with Crippen LogP contribution >= 0.6 is 0 Å². The van der Waals surface area contributed by atoms with Crippen LogP contribution in [0.2, 0.25) is 0 Å². The average molecular weight is 285 g/mol. The van der Waals surface area contributed by atoms with Crippen LogP contribution in [0.3, 0.4) is 0 Å². The van der Waals surface area contributed by atoms with Gasteiger partial charge in [0.1, 0.15) is 11.6 Å². The number of fused-ring (bicyclic) bond motifs is 1. The molecule has 2 aliphatic heterocycles. The lowest BCUT2D eigenvalue weighted by Crippen LogP contribution is -2.20. The first-order valence-corrected chi connectivity index (χ1v) is 7.61. The van der Waals surface area contributed by atoms with Gasteiger partial charge in [-0.2, -0.15) is 5.10 Å². The molecule has 3 heterocycles. The lowest BCUT2D eigenvalue weighted by molar-refractivity contribution is 0.0836. The molecule has 2 aromatic rings. The van der Waals surface area contributed by atoms with Crippen LogP contribution in [0.25, 0.3) is 0 Å². The standard InChI is InChI=1S/C16H19N3O2/c1-2-4-14-12(3-1)9-13(10-21-14)16-17-15(18-19-16)11-5-7-20-8-6-11/h1-4,11,13H,5-10H2,(H,17,18,19). The summed E-state index contributed by atoms with van der Waals surface area (Å²) in [5, 5.41) is 7.56. The summed E-state index contributed by atoms with van der Waals surface area (Å²) in [4.78, 5) is 4.73. The zero-order valence-corrected chi connectivity index (χ0v) is 11.9. The van der Waals surface area contributed by atoms with E-state index in [1.54, 1.807) is 0 Å². The van der Waals surface area contributed by atoms with Gasteiger partial charge in [0.2, 0.25) is 0 Å². The van der Waals surface area contributed by atoms with Crippen molar-refractivity contribution in [1.29, 1.82) is 0 Å². The molecule has 0 amide bonds. The van der Waals surface area contributed by atoms with Gasteiger partial charge in [-0.05, 0) is 30.9 Å². The third-order valence-corrected chi connectivity index (χ3v) is 4.37. The predicted octanol–water partition coefficient (Wildman–Crippen LogP) is 2.42. The number of aromatic amines is 1. The fourth-order valence-electron chi connectivity index (χ4n) is 3.12. The highest BCUT2D eigenvalue weighted by atomic mass is 16.5. The molecule has 1 aromatic carbocycles. The Kier molecular flexibility index (Phi) is 3.35. The number of H-pyrrole nitrogens is 1. The molecule has 2 aliphatic rings. The highest BCUT2D eigenvalue weighted by molar-refractivity contribution is 5.36.